The van der Waals surface area contributed by atoms with Crippen LogP contribution in [-0.4, -0.2) is 48.7 Å². The molecule has 2 N–H and O–H groups in total. The number of rotatable bonds is 5. The van der Waals surface area contributed by atoms with Crippen molar-refractivity contribution in [3.05, 3.63) is 40.6 Å². The number of ether oxygens (including phenoxy) is 1. The van der Waals surface area contributed by atoms with Gasteiger partial charge in [0.2, 0.25) is 0 Å². The van der Waals surface area contributed by atoms with Gasteiger partial charge in [-0.2, -0.15) is 18.4 Å². The molecule has 1 amide bonds. The molecule has 0 bridgehead atoms. The molecule has 7 nitrogen and oxygen atoms in total. The number of esters is 1. The first kappa shape index (κ1) is 19.3. The van der Waals surface area contributed by atoms with Gasteiger partial charge in [0.05, 0.1) is 43.0 Å². The van der Waals surface area contributed by atoms with Crippen LogP contribution < -0.4 is 5.32 Å². The molecule has 0 fully saturated rings. The molecular formula is C16H14F3N3O4. The topological polar surface area (TPSA) is 103 Å². The van der Waals surface area contributed by atoms with Crippen LogP contribution in [0.3, 0.4) is 0 Å². The molecule has 26 heavy (non-hydrogen) atoms. The van der Waals surface area contributed by atoms with Crippen LogP contribution >= 0.6 is 0 Å². The molecule has 0 spiro atoms. The van der Waals surface area contributed by atoms with Crippen LogP contribution in [0, 0.1) is 11.3 Å². The van der Waals surface area contributed by atoms with Gasteiger partial charge in [-0.15, -0.1) is 0 Å². The summed E-state index contributed by atoms with van der Waals surface area (Å²) < 4.78 is 43.8. The SMILES string of the molecule is COC(=O)C1=C(Nc2ccc(C#N)c(C(F)(F)F)c2)C(=O)N(CCO)C1. The number of nitrogens with zero attached hydrogens (tertiary/aromatic N) is 2. The van der Waals surface area contributed by atoms with Gasteiger partial charge in [0, 0.05) is 12.2 Å². The fraction of sp³-hybridized carbons (Fsp3) is 0.312. The van der Waals surface area contributed by atoms with Crippen molar-refractivity contribution >= 4 is 17.6 Å². The average Bonchev–Trinajstić information content (AvgIpc) is 2.90. The zero-order valence-corrected chi connectivity index (χ0v) is 13.6. The second-order valence-electron chi connectivity index (χ2n) is 5.29. The summed E-state index contributed by atoms with van der Waals surface area (Å²) in [5.74, 6) is -1.47. The molecule has 0 aromatic heterocycles. The van der Waals surface area contributed by atoms with Crippen LogP contribution in [0.5, 0.6) is 0 Å². The summed E-state index contributed by atoms with van der Waals surface area (Å²) >= 11 is 0. The van der Waals surface area contributed by atoms with Crippen molar-refractivity contribution in [3.8, 4) is 6.07 Å². The van der Waals surface area contributed by atoms with E-state index in [4.69, 9.17) is 10.4 Å². The summed E-state index contributed by atoms with van der Waals surface area (Å²) in [5.41, 5.74) is -2.15. The number of aliphatic hydroxyl groups excluding tert-OH is 1. The number of carbonyl (C=O) groups excluding carboxylic acids is 2. The lowest BCUT2D eigenvalue weighted by Crippen LogP contribution is -2.31. The van der Waals surface area contributed by atoms with Crippen molar-refractivity contribution < 1.29 is 32.6 Å². The lowest BCUT2D eigenvalue weighted by atomic mass is 10.1. The highest BCUT2D eigenvalue weighted by atomic mass is 19.4. The van der Waals surface area contributed by atoms with E-state index in [0.717, 1.165) is 18.1 Å². The lowest BCUT2D eigenvalue weighted by molar-refractivity contribution is -0.138. The fourth-order valence-corrected chi connectivity index (χ4v) is 2.45. The van der Waals surface area contributed by atoms with Crippen molar-refractivity contribution in [2.24, 2.45) is 0 Å². The third-order valence-corrected chi connectivity index (χ3v) is 3.67. The Balaban J connectivity index is 2.43. The third kappa shape index (κ3) is 3.78. The first-order valence-corrected chi connectivity index (χ1v) is 7.33. The fourth-order valence-electron chi connectivity index (χ4n) is 2.45. The number of alkyl halides is 3. The van der Waals surface area contributed by atoms with E-state index in [9.17, 15) is 22.8 Å². The third-order valence-electron chi connectivity index (χ3n) is 3.67. The highest BCUT2D eigenvalue weighted by Gasteiger charge is 2.36. The van der Waals surface area contributed by atoms with E-state index >= 15 is 0 Å². The molecule has 0 atom stereocenters. The molecule has 0 aliphatic carbocycles. The summed E-state index contributed by atoms with van der Waals surface area (Å²) in [4.78, 5) is 25.4. The molecule has 0 unspecified atom stereocenters. The van der Waals surface area contributed by atoms with Gasteiger partial charge in [-0.3, -0.25) is 4.79 Å². The normalized spacial score (nSPS) is 14.5. The largest absolute Gasteiger partial charge is 0.466 e. The highest BCUT2D eigenvalue weighted by Crippen LogP contribution is 2.34. The van der Waals surface area contributed by atoms with Crippen LogP contribution in [0.25, 0.3) is 0 Å². The van der Waals surface area contributed by atoms with E-state index in [2.05, 4.69) is 10.1 Å². The Morgan fingerprint density at radius 1 is 1.46 bits per heavy atom. The first-order valence-electron chi connectivity index (χ1n) is 7.33. The summed E-state index contributed by atoms with van der Waals surface area (Å²) in [6.45, 7) is -0.537. The second kappa shape index (κ2) is 7.45. The Morgan fingerprint density at radius 2 is 2.15 bits per heavy atom. The number of anilines is 1. The van der Waals surface area contributed by atoms with Gasteiger partial charge in [-0.1, -0.05) is 0 Å². The van der Waals surface area contributed by atoms with Crippen molar-refractivity contribution in [2.45, 2.75) is 6.18 Å². The number of carbonyl (C=O) groups is 2. The molecule has 0 radical (unpaired) electrons. The minimum Gasteiger partial charge on any atom is -0.466 e. The van der Waals surface area contributed by atoms with Crippen molar-refractivity contribution in [3.63, 3.8) is 0 Å². The summed E-state index contributed by atoms with van der Waals surface area (Å²) in [5, 5.41) is 20.3. The predicted octanol–water partition coefficient (Wildman–Crippen LogP) is 1.25. The summed E-state index contributed by atoms with van der Waals surface area (Å²) in [7, 11) is 1.11. The predicted molar refractivity (Wildman–Crippen MR) is 82.5 cm³/mol. The second-order valence-corrected chi connectivity index (χ2v) is 5.29. The van der Waals surface area contributed by atoms with Gasteiger partial charge in [0.15, 0.2) is 0 Å². The molecule has 1 heterocycles. The maximum Gasteiger partial charge on any atom is 0.417 e. The van der Waals surface area contributed by atoms with E-state index in [1.165, 1.54) is 12.1 Å². The Labute approximate surface area is 146 Å². The van der Waals surface area contributed by atoms with E-state index in [1.807, 2.05) is 0 Å². The van der Waals surface area contributed by atoms with Gasteiger partial charge in [0.1, 0.15) is 5.70 Å². The van der Waals surface area contributed by atoms with Gasteiger partial charge in [-0.25, -0.2) is 4.79 Å². The molecule has 1 aliphatic rings. The molecule has 1 aliphatic heterocycles. The average molecular weight is 369 g/mol. The number of hydrogen-bond donors (Lipinski definition) is 2. The van der Waals surface area contributed by atoms with E-state index in [1.54, 1.807) is 0 Å². The van der Waals surface area contributed by atoms with E-state index in [0.29, 0.717) is 6.07 Å². The number of amides is 1. The highest BCUT2D eigenvalue weighted by molar-refractivity contribution is 6.08. The molecule has 10 heteroatoms. The molecule has 2 rings (SSSR count). The molecule has 138 valence electrons. The van der Waals surface area contributed by atoms with Gasteiger partial charge >= 0.3 is 12.1 Å². The molecule has 0 saturated heterocycles. The van der Waals surface area contributed by atoms with Gasteiger partial charge in [0.25, 0.3) is 5.91 Å². The maximum atomic E-state index is 13.1. The van der Waals surface area contributed by atoms with Crippen molar-refractivity contribution in [2.75, 3.05) is 32.1 Å². The number of methoxy groups -OCH3 is 1. The number of nitriles is 1. The summed E-state index contributed by atoms with van der Waals surface area (Å²) in [6.07, 6.45) is -4.76. The Morgan fingerprint density at radius 3 is 2.69 bits per heavy atom. The number of β-amino-alcohol motifs (C(OH)–C–C–N with tert-alkyl or cyclic N) is 1. The number of benzene rings is 1. The maximum absolute atomic E-state index is 13.1. The van der Waals surface area contributed by atoms with Crippen molar-refractivity contribution in [1.82, 2.24) is 4.90 Å². The quantitative estimate of drug-likeness (QED) is 0.758. The molecule has 0 saturated carbocycles. The Kier molecular flexibility index (Phi) is 5.52. The first-order chi connectivity index (χ1) is 12.2. The van der Waals surface area contributed by atoms with E-state index < -0.39 is 29.2 Å². The minimum absolute atomic E-state index is 0.0499. The smallest absolute Gasteiger partial charge is 0.417 e. The van der Waals surface area contributed by atoms with Crippen LogP contribution in [0.15, 0.2) is 29.5 Å². The van der Waals surface area contributed by atoms with Gasteiger partial charge in [-0.05, 0) is 18.2 Å². The number of halogens is 3. The number of nitrogens with one attached hydrogen (secondary N) is 1. The van der Waals surface area contributed by atoms with Crippen LogP contribution in [0.4, 0.5) is 18.9 Å². The molecular weight excluding hydrogens is 355 g/mol. The molecule has 1 aromatic carbocycles. The summed E-state index contributed by atoms with van der Waals surface area (Å²) in [6, 6.07) is 4.30. The zero-order chi connectivity index (χ0) is 19.5. The Hall–Kier alpha value is -3.06. The van der Waals surface area contributed by atoms with Crippen LogP contribution in [-0.2, 0) is 20.5 Å². The van der Waals surface area contributed by atoms with Crippen molar-refractivity contribution in [1.29, 1.82) is 5.26 Å². The number of hydrogen-bond acceptors (Lipinski definition) is 6. The van der Waals surface area contributed by atoms with Crippen LogP contribution in [0.2, 0.25) is 0 Å². The zero-order valence-electron chi connectivity index (χ0n) is 13.6. The Bertz CT molecular complexity index is 812. The lowest BCUT2D eigenvalue weighted by Gasteiger charge is -2.15. The number of aliphatic hydroxyl groups is 1. The minimum atomic E-state index is -4.76. The van der Waals surface area contributed by atoms with E-state index in [-0.39, 0.29) is 36.7 Å². The standard InChI is InChI=1S/C16H14F3N3O4/c1-26-15(25)11-8-22(4-5-23)14(24)13(11)21-10-3-2-9(7-20)12(6-10)16(17,18)19/h2-3,6,21,23H,4-5,8H2,1H3. The molecule has 1 aromatic rings. The monoisotopic (exact) mass is 369 g/mol. The van der Waals surface area contributed by atoms with Crippen LogP contribution in [0.1, 0.15) is 11.1 Å². The van der Waals surface area contributed by atoms with Gasteiger partial charge < -0.3 is 20.1 Å².